The van der Waals surface area contributed by atoms with Gasteiger partial charge in [-0.3, -0.25) is 14.1 Å². The summed E-state index contributed by atoms with van der Waals surface area (Å²) in [4.78, 5) is 20.1. The molecule has 4 nitrogen and oxygen atoms in total. The topological polar surface area (TPSA) is 37.6 Å². The number of nitrogens with zero attached hydrogens (tertiary/aromatic N) is 3. The van der Waals surface area contributed by atoms with Crippen LogP contribution in [0.25, 0.3) is 4.96 Å². The first kappa shape index (κ1) is 15.5. The smallest absolute Gasteiger partial charge is 0.258 e. The maximum absolute atomic E-state index is 12.1. The van der Waals surface area contributed by atoms with Gasteiger partial charge in [0, 0.05) is 30.2 Å². The summed E-state index contributed by atoms with van der Waals surface area (Å²) in [6.07, 6.45) is 6.55. The molecule has 3 aromatic rings. The van der Waals surface area contributed by atoms with Gasteiger partial charge in [-0.2, -0.15) is 0 Å². The Morgan fingerprint density at radius 1 is 1.25 bits per heavy atom. The highest BCUT2D eigenvalue weighted by Crippen LogP contribution is 2.23. The lowest BCUT2D eigenvalue weighted by molar-refractivity contribution is 0.232. The fraction of sp³-hybridized carbons (Fsp3) is 0.368. The summed E-state index contributed by atoms with van der Waals surface area (Å²) in [5.74, 6) is 0. The molecule has 24 heavy (non-hydrogen) atoms. The fourth-order valence-corrected chi connectivity index (χ4v) is 4.32. The highest BCUT2D eigenvalue weighted by Gasteiger charge is 2.24. The number of thiazole rings is 1. The number of aryl methyl sites for hydroxylation is 1. The number of fused-ring (bicyclic) bond motifs is 1. The van der Waals surface area contributed by atoms with Crippen LogP contribution in [0.3, 0.4) is 0 Å². The van der Waals surface area contributed by atoms with E-state index in [-0.39, 0.29) is 5.56 Å². The normalized spacial score (nSPS) is 18.4. The number of rotatable bonds is 5. The predicted octanol–water partition coefficient (Wildman–Crippen LogP) is 3.35. The molecule has 0 spiro atoms. The third-order valence-corrected chi connectivity index (χ3v) is 5.59. The first-order valence-corrected chi connectivity index (χ1v) is 9.41. The van der Waals surface area contributed by atoms with Crippen molar-refractivity contribution in [1.29, 1.82) is 0 Å². The van der Waals surface area contributed by atoms with E-state index in [1.54, 1.807) is 16.7 Å². The van der Waals surface area contributed by atoms with Crippen molar-refractivity contribution < 1.29 is 0 Å². The van der Waals surface area contributed by atoms with Gasteiger partial charge in [-0.15, -0.1) is 11.3 Å². The van der Waals surface area contributed by atoms with Crippen LogP contribution in [0.5, 0.6) is 0 Å². The molecule has 0 amide bonds. The molecule has 2 aromatic heterocycles. The third kappa shape index (κ3) is 3.28. The molecule has 1 aliphatic heterocycles. The second-order valence-corrected chi connectivity index (χ2v) is 7.31. The van der Waals surface area contributed by atoms with E-state index in [1.807, 2.05) is 5.38 Å². The molecule has 0 unspecified atom stereocenters. The van der Waals surface area contributed by atoms with E-state index in [4.69, 9.17) is 0 Å². The molecule has 0 saturated carbocycles. The Hall–Kier alpha value is -1.98. The summed E-state index contributed by atoms with van der Waals surface area (Å²) in [5.41, 5.74) is 2.33. The Balaban J connectivity index is 1.45. The molecule has 0 bridgehead atoms. The molecule has 0 radical (unpaired) electrons. The highest BCUT2D eigenvalue weighted by molar-refractivity contribution is 7.15. The number of benzene rings is 1. The number of aromatic nitrogens is 2. The summed E-state index contributed by atoms with van der Waals surface area (Å²) in [6.45, 7) is 1.88. The molecule has 1 atom stereocenters. The van der Waals surface area contributed by atoms with Gasteiger partial charge in [0.25, 0.3) is 5.56 Å². The molecular formula is C19H21N3OS. The Bertz CT molecular complexity index is 871. The van der Waals surface area contributed by atoms with Gasteiger partial charge in [0.1, 0.15) is 0 Å². The standard InChI is InChI=1S/C19H21N3OS/c23-18-13-16(20-19-22(18)11-12-24-19)14-21-10-4-7-17(21)9-8-15-5-2-1-3-6-15/h1-3,5-6,11-13,17H,4,7-10,14H2/t17-/m1/s1. The van der Waals surface area contributed by atoms with Crippen LogP contribution in [0, 0.1) is 0 Å². The van der Waals surface area contributed by atoms with Crippen LogP contribution in [0.2, 0.25) is 0 Å². The third-order valence-electron chi connectivity index (χ3n) is 4.83. The van der Waals surface area contributed by atoms with E-state index in [2.05, 4.69) is 40.2 Å². The Morgan fingerprint density at radius 3 is 3.00 bits per heavy atom. The largest absolute Gasteiger partial charge is 0.295 e. The van der Waals surface area contributed by atoms with Gasteiger partial charge in [0.05, 0.1) is 5.69 Å². The van der Waals surface area contributed by atoms with Crippen molar-refractivity contribution in [3.8, 4) is 0 Å². The van der Waals surface area contributed by atoms with Crippen LogP contribution >= 0.6 is 11.3 Å². The van der Waals surface area contributed by atoms with Gasteiger partial charge in [-0.1, -0.05) is 30.3 Å². The van der Waals surface area contributed by atoms with Crippen LogP contribution < -0.4 is 5.56 Å². The minimum Gasteiger partial charge on any atom is -0.295 e. The molecule has 0 N–H and O–H groups in total. The van der Waals surface area contributed by atoms with E-state index >= 15 is 0 Å². The van der Waals surface area contributed by atoms with E-state index in [0.717, 1.165) is 30.2 Å². The molecular weight excluding hydrogens is 318 g/mol. The molecule has 1 aliphatic rings. The van der Waals surface area contributed by atoms with Gasteiger partial charge in [0.15, 0.2) is 4.96 Å². The van der Waals surface area contributed by atoms with Crippen molar-refractivity contribution in [2.24, 2.45) is 0 Å². The number of likely N-dealkylation sites (tertiary alicyclic amines) is 1. The van der Waals surface area contributed by atoms with Gasteiger partial charge in [-0.05, 0) is 37.8 Å². The zero-order valence-corrected chi connectivity index (χ0v) is 14.4. The maximum atomic E-state index is 12.1. The Labute approximate surface area is 145 Å². The molecule has 1 saturated heterocycles. The predicted molar refractivity (Wildman–Crippen MR) is 97.5 cm³/mol. The molecule has 1 aromatic carbocycles. The van der Waals surface area contributed by atoms with Crippen LogP contribution in [0.4, 0.5) is 0 Å². The van der Waals surface area contributed by atoms with E-state index < -0.39 is 0 Å². The molecule has 5 heteroatoms. The van der Waals surface area contributed by atoms with Crippen molar-refractivity contribution in [3.05, 3.63) is 69.6 Å². The highest BCUT2D eigenvalue weighted by atomic mass is 32.1. The summed E-state index contributed by atoms with van der Waals surface area (Å²) >= 11 is 1.52. The van der Waals surface area contributed by atoms with Crippen LogP contribution in [-0.2, 0) is 13.0 Å². The summed E-state index contributed by atoms with van der Waals surface area (Å²) < 4.78 is 1.62. The van der Waals surface area contributed by atoms with Crippen molar-refractivity contribution in [3.63, 3.8) is 0 Å². The average molecular weight is 339 g/mol. The monoisotopic (exact) mass is 339 g/mol. The lowest BCUT2D eigenvalue weighted by Gasteiger charge is -2.24. The number of hydrogen-bond acceptors (Lipinski definition) is 4. The SMILES string of the molecule is O=c1cc(CN2CCC[C@@H]2CCc2ccccc2)nc2sccn12. The van der Waals surface area contributed by atoms with E-state index in [0.29, 0.717) is 6.04 Å². The van der Waals surface area contributed by atoms with Crippen LogP contribution in [0.15, 0.2) is 52.8 Å². The zero-order chi connectivity index (χ0) is 16.4. The van der Waals surface area contributed by atoms with Gasteiger partial charge in [0.2, 0.25) is 0 Å². The Kier molecular flexibility index (Phi) is 4.45. The minimum atomic E-state index is 0.0243. The van der Waals surface area contributed by atoms with Crippen LogP contribution in [0.1, 0.15) is 30.5 Å². The molecule has 0 aliphatic carbocycles. The average Bonchev–Trinajstić information content (AvgIpc) is 3.23. The molecule has 1 fully saturated rings. The molecule has 3 heterocycles. The summed E-state index contributed by atoms with van der Waals surface area (Å²) in [7, 11) is 0. The zero-order valence-electron chi connectivity index (χ0n) is 13.6. The van der Waals surface area contributed by atoms with Gasteiger partial charge < -0.3 is 0 Å². The first-order chi connectivity index (χ1) is 11.8. The first-order valence-electron chi connectivity index (χ1n) is 8.53. The van der Waals surface area contributed by atoms with E-state index in [1.165, 1.54) is 36.2 Å². The van der Waals surface area contributed by atoms with E-state index in [9.17, 15) is 4.79 Å². The minimum absolute atomic E-state index is 0.0243. The van der Waals surface area contributed by atoms with Crippen molar-refractivity contribution >= 4 is 16.3 Å². The van der Waals surface area contributed by atoms with Crippen molar-refractivity contribution in [2.45, 2.75) is 38.3 Å². The molecule has 4 rings (SSSR count). The summed E-state index contributed by atoms with van der Waals surface area (Å²) in [5, 5.41) is 1.91. The molecule has 124 valence electrons. The van der Waals surface area contributed by atoms with Gasteiger partial charge in [-0.25, -0.2) is 4.98 Å². The quantitative estimate of drug-likeness (QED) is 0.715. The lowest BCUT2D eigenvalue weighted by atomic mass is 10.0. The Morgan fingerprint density at radius 2 is 2.12 bits per heavy atom. The van der Waals surface area contributed by atoms with Crippen molar-refractivity contribution in [1.82, 2.24) is 14.3 Å². The number of hydrogen-bond donors (Lipinski definition) is 0. The van der Waals surface area contributed by atoms with Gasteiger partial charge >= 0.3 is 0 Å². The van der Waals surface area contributed by atoms with Crippen molar-refractivity contribution in [2.75, 3.05) is 6.54 Å². The second-order valence-electron chi connectivity index (χ2n) is 6.43. The van der Waals surface area contributed by atoms with Crippen LogP contribution in [-0.4, -0.2) is 26.9 Å². The lowest BCUT2D eigenvalue weighted by Crippen LogP contribution is -2.30. The summed E-state index contributed by atoms with van der Waals surface area (Å²) in [6, 6.07) is 13.0. The second kappa shape index (κ2) is 6.87. The fourth-order valence-electron chi connectivity index (χ4n) is 3.59. The maximum Gasteiger partial charge on any atom is 0.258 e.